The second-order valence-electron chi connectivity index (χ2n) is 5.14. The summed E-state index contributed by atoms with van der Waals surface area (Å²) in [4.78, 5) is 14.4. The highest BCUT2D eigenvalue weighted by atomic mass is 32.1. The monoisotopic (exact) mass is 236 g/mol. The molecule has 0 saturated carbocycles. The predicted octanol–water partition coefficient (Wildman–Crippen LogP) is 4.25. The van der Waals surface area contributed by atoms with Crippen molar-refractivity contribution in [3.8, 4) is 0 Å². The molecule has 0 aromatic carbocycles. The maximum absolute atomic E-state index is 12.0. The number of rotatable bonds is 3. The zero-order valence-electron chi connectivity index (χ0n) is 10.2. The van der Waals surface area contributed by atoms with E-state index in [9.17, 15) is 4.79 Å². The van der Waals surface area contributed by atoms with Gasteiger partial charge in [-0.2, -0.15) is 0 Å². The minimum atomic E-state index is 0.341. The minimum absolute atomic E-state index is 0.341. The van der Waals surface area contributed by atoms with Crippen LogP contribution in [0.5, 0.6) is 0 Å². The molecule has 2 heteroatoms. The molecule has 1 nitrogen and oxygen atoms in total. The molecule has 1 aliphatic carbocycles. The van der Waals surface area contributed by atoms with Crippen molar-refractivity contribution in [1.29, 1.82) is 0 Å². The molecular weight excluding hydrogens is 216 g/mol. The maximum atomic E-state index is 12.0. The van der Waals surface area contributed by atoms with Crippen molar-refractivity contribution in [1.82, 2.24) is 0 Å². The van der Waals surface area contributed by atoms with Crippen molar-refractivity contribution in [3.63, 3.8) is 0 Å². The molecule has 0 N–H and O–H groups in total. The number of hydrogen-bond donors (Lipinski definition) is 0. The van der Waals surface area contributed by atoms with Gasteiger partial charge in [0.1, 0.15) is 0 Å². The lowest BCUT2D eigenvalue weighted by atomic mass is 10.1. The molecule has 0 radical (unpaired) electrons. The molecule has 1 aromatic heterocycles. The molecule has 0 spiro atoms. The minimum Gasteiger partial charge on any atom is -0.293 e. The Morgan fingerprint density at radius 1 is 1.31 bits per heavy atom. The summed E-state index contributed by atoms with van der Waals surface area (Å²) in [5.74, 6) is 0.808. The number of aryl methyl sites for hydroxylation is 2. The van der Waals surface area contributed by atoms with Crippen molar-refractivity contribution in [2.75, 3.05) is 0 Å². The molecule has 0 amide bonds. The van der Waals surface area contributed by atoms with Gasteiger partial charge in [-0.1, -0.05) is 20.3 Å². The van der Waals surface area contributed by atoms with Crippen LogP contribution in [0.4, 0.5) is 0 Å². The van der Waals surface area contributed by atoms with Gasteiger partial charge in [0, 0.05) is 11.3 Å². The summed E-state index contributed by atoms with van der Waals surface area (Å²) >= 11 is 1.75. The summed E-state index contributed by atoms with van der Waals surface area (Å²) in [6.45, 7) is 4.22. The first kappa shape index (κ1) is 11.8. The number of carbonyl (C=O) groups excluding carboxylic acids is 1. The van der Waals surface area contributed by atoms with Gasteiger partial charge >= 0.3 is 0 Å². The topological polar surface area (TPSA) is 17.1 Å². The Kier molecular flexibility index (Phi) is 3.80. The Bertz CT molecular complexity index is 353. The van der Waals surface area contributed by atoms with Crippen molar-refractivity contribution in [2.45, 2.75) is 52.4 Å². The number of carbonyl (C=O) groups is 1. The Labute approximate surface area is 102 Å². The summed E-state index contributed by atoms with van der Waals surface area (Å²) in [7, 11) is 0. The molecule has 1 aromatic rings. The first-order chi connectivity index (χ1) is 7.66. The van der Waals surface area contributed by atoms with Crippen LogP contribution < -0.4 is 0 Å². The van der Waals surface area contributed by atoms with Crippen LogP contribution in [0.1, 0.15) is 59.6 Å². The maximum Gasteiger partial charge on any atom is 0.173 e. The van der Waals surface area contributed by atoms with Crippen LogP contribution in [-0.2, 0) is 12.8 Å². The summed E-state index contributed by atoms with van der Waals surface area (Å²) in [5.41, 5.74) is 1.45. The summed E-state index contributed by atoms with van der Waals surface area (Å²) in [6.07, 6.45) is 7.00. The fraction of sp³-hybridized carbons (Fsp3) is 0.643. The number of ketones is 1. The van der Waals surface area contributed by atoms with Gasteiger partial charge in [-0.05, 0) is 43.2 Å². The largest absolute Gasteiger partial charge is 0.293 e. The highest BCUT2D eigenvalue weighted by Crippen LogP contribution is 2.30. The Morgan fingerprint density at radius 2 is 2.06 bits per heavy atom. The number of fused-ring (bicyclic) bond motifs is 1. The molecule has 0 fully saturated rings. The standard InChI is InChI=1S/C14H20OS/c1-10(2)8-12(15)14-9-11-6-4-3-5-7-13(11)16-14/h9-10H,3-8H2,1-2H3. The van der Waals surface area contributed by atoms with Crippen LogP contribution in [0.15, 0.2) is 6.07 Å². The van der Waals surface area contributed by atoms with Crippen LogP contribution >= 0.6 is 11.3 Å². The molecule has 1 aliphatic rings. The van der Waals surface area contributed by atoms with E-state index < -0.39 is 0 Å². The Balaban J connectivity index is 2.14. The number of hydrogen-bond acceptors (Lipinski definition) is 2. The molecule has 2 rings (SSSR count). The molecule has 1 heterocycles. The molecule has 16 heavy (non-hydrogen) atoms. The fourth-order valence-electron chi connectivity index (χ4n) is 2.28. The van der Waals surface area contributed by atoms with Crippen molar-refractivity contribution in [3.05, 3.63) is 21.4 Å². The van der Waals surface area contributed by atoms with Gasteiger partial charge in [-0.3, -0.25) is 4.79 Å². The summed E-state index contributed by atoms with van der Waals surface area (Å²) < 4.78 is 0. The zero-order valence-corrected chi connectivity index (χ0v) is 11.0. The van der Waals surface area contributed by atoms with E-state index in [1.807, 2.05) is 0 Å². The molecule has 0 saturated heterocycles. The van der Waals surface area contributed by atoms with Gasteiger partial charge < -0.3 is 0 Å². The quantitative estimate of drug-likeness (QED) is 0.566. The second-order valence-corrected chi connectivity index (χ2v) is 6.28. The van der Waals surface area contributed by atoms with Gasteiger partial charge in [-0.25, -0.2) is 0 Å². The van der Waals surface area contributed by atoms with E-state index in [1.165, 1.54) is 42.5 Å². The van der Waals surface area contributed by atoms with Gasteiger partial charge in [0.2, 0.25) is 0 Å². The van der Waals surface area contributed by atoms with Crippen molar-refractivity contribution < 1.29 is 4.79 Å². The molecular formula is C14H20OS. The van der Waals surface area contributed by atoms with E-state index in [0.29, 0.717) is 18.1 Å². The molecule has 88 valence electrons. The van der Waals surface area contributed by atoms with Crippen LogP contribution in [0.2, 0.25) is 0 Å². The lowest BCUT2D eigenvalue weighted by molar-refractivity contribution is 0.0972. The van der Waals surface area contributed by atoms with E-state index in [-0.39, 0.29) is 0 Å². The summed E-state index contributed by atoms with van der Waals surface area (Å²) in [5, 5.41) is 0. The SMILES string of the molecule is CC(C)CC(=O)c1cc2c(s1)CCCCC2. The fourth-order valence-corrected chi connectivity index (χ4v) is 3.48. The molecule has 0 bridgehead atoms. The first-order valence-corrected chi connectivity index (χ1v) is 7.13. The van der Waals surface area contributed by atoms with E-state index in [2.05, 4.69) is 19.9 Å². The van der Waals surface area contributed by atoms with Gasteiger partial charge in [-0.15, -0.1) is 11.3 Å². The van der Waals surface area contributed by atoms with Crippen LogP contribution in [0.25, 0.3) is 0 Å². The third-order valence-electron chi connectivity index (χ3n) is 3.12. The van der Waals surface area contributed by atoms with E-state index in [0.717, 1.165) is 4.88 Å². The summed E-state index contributed by atoms with van der Waals surface area (Å²) in [6, 6.07) is 2.16. The Hall–Kier alpha value is -0.630. The van der Waals surface area contributed by atoms with E-state index >= 15 is 0 Å². The third kappa shape index (κ3) is 2.73. The highest BCUT2D eigenvalue weighted by molar-refractivity contribution is 7.14. The van der Waals surface area contributed by atoms with Gasteiger partial charge in [0.05, 0.1) is 4.88 Å². The number of thiophene rings is 1. The average molecular weight is 236 g/mol. The van der Waals surface area contributed by atoms with Crippen molar-refractivity contribution in [2.24, 2.45) is 5.92 Å². The van der Waals surface area contributed by atoms with Gasteiger partial charge in [0.15, 0.2) is 5.78 Å². The molecule has 0 unspecified atom stereocenters. The van der Waals surface area contributed by atoms with Crippen LogP contribution in [0.3, 0.4) is 0 Å². The smallest absolute Gasteiger partial charge is 0.173 e. The third-order valence-corrected chi connectivity index (χ3v) is 4.39. The Morgan fingerprint density at radius 3 is 2.81 bits per heavy atom. The lowest BCUT2D eigenvalue weighted by Crippen LogP contribution is -2.00. The average Bonchev–Trinajstić information content (AvgIpc) is 2.49. The second kappa shape index (κ2) is 5.13. The number of Topliss-reactive ketones (excluding diaryl/α,β-unsaturated/α-hetero) is 1. The van der Waals surface area contributed by atoms with Crippen molar-refractivity contribution >= 4 is 17.1 Å². The van der Waals surface area contributed by atoms with Crippen LogP contribution in [0, 0.1) is 5.92 Å². The lowest BCUT2D eigenvalue weighted by Gasteiger charge is -2.00. The first-order valence-electron chi connectivity index (χ1n) is 6.31. The van der Waals surface area contributed by atoms with Gasteiger partial charge in [0.25, 0.3) is 0 Å². The van der Waals surface area contributed by atoms with Crippen LogP contribution in [-0.4, -0.2) is 5.78 Å². The normalized spacial score (nSPS) is 15.9. The highest BCUT2D eigenvalue weighted by Gasteiger charge is 2.16. The van der Waals surface area contributed by atoms with E-state index in [1.54, 1.807) is 11.3 Å². The zero-order chi connectivity index (χ0) is 11.5. The predicted molar refractivity (Wildman–Crippen MR) is 69.4 cm³/mol. The van der Waals surface area contributed by atoms with E-state index in [4.69, 9.17) is 0 Å². The molecule has 0 aliphatic heterocycles. The molecule has 0 atom stereocenters.